The van der Waals surface area contributed by atoms with E-state index < -0.39 is 17.5 Å². The summed E-state index contributed by atoms with van der Waals surface area (Å²) in [4.78, 5) is 18.6. The molecule has 6 nitrogen and oxygen atoms in total. The number of hydrogen-bond donors (Lipinski definition) is 0. The van der Waals surface area contributed by atoms with Gasteiger partial charge in [0.15, 0.2) is 5.82 Å². The van der Waals surface area contributed by atoms with E-state index in [2.05, 4.69) is 10.1 Å². The summed E-state index contributed by atoms with van der Waals surface area (Å²) in [6.07, 6.45) is 4.12. The maximum Gasteiger partial charge on any atom is 0.256 e. The fourth-order valence-electron chi connectivity index (χ4n) is 3.90. The number of aryl methyl sites for hydroxylation is 1. The second-order valence-electron chi connectivity index (χ2n) is 7.50. The highest BCUT2D eigenvalue weighted by Crippen LogP contribution is 2.27. The first-order valence-corrected chi connectivity index (χ1v) is 9.74. The minimum Gasteiger partial charge on any atom is -0.381 e. The Balaban J connectivity index is 1.30. The molecule has 2 aliphatic rings. The first-order valence-electron chi connectivity index (χ1n) is 9.74. The van der Waals surface area contributed by atoms with Crippen molar-refractivity contribution in [2.24, 2.45) is 5.92 Å². The Labute approximate surface area is 161 Å². The summed E-state index contributed by atoms with van der Waals surface area (Å²) in [5.74, 6) is 0.160. The summed E-state index contributed by atoms with van der Waals surface area (Å²) in [5, 5.41) is 4.08. The molecule has 0 saturated carbocycles. The molecule has 2 aliphatic heterocycles. The van der Waals surface area contributed by atoms with Crippen LogP contribution in [0.25, 0.3) is 0 Å². The molecule has 150 valence electrons. The number of aromatic nitrogens is 2. The summed E-state index contributed by atoms with van der Waals surface area (Å²) in [6, 6.07) is 2.96. The zero-order valence-corrected chi connectivity index (χ0v) is 15.6. The Hall–Kier alpha value is -2.35. The molecule has 0 N–H and O–H groups in total. The van der Waals surface area contributed by atoms with E-state index in [0.717, 1.165) is 57.1 Å². The smallest absolute Gasteiger partial charge is 0.256 e. The van der Waals surface area contributed by atoms with Crippen molar-refractivity contribution in [3.63, 3.8) is 0 Å². The minimum atomic E-state index is -0.692. The number of rotatable bonds is 5. The Morgan fingerprint density at radius 3 is 2.86 bits per heavy atom. The third-order valence-electron chi connectivity index (χ3n) is 5.56. The lowest BCUT2D eigenvalue weighted by atomic mass is 10.0. The van der Waals surface area contributed by atoms with Gasteiger partial charge in [0, 0.05) is 38.6 Å². The largest absolute Gasteiger partial charge is 0.381 e. The molecule has 0 spiro atoms. The SMILES string of the molecule is O=C(c1cc(F)ccc1F)N1CCC(CCc2noc(C3CCOCC3)n2)C1. The topological polar surface area (TPSA) is 68.5 Å². The molecule has 1 unspecified atom stereocenters. The van der Waals surface area contributed by atoms with Crippen molar-refractivity contribution < 1.29 is 22.8 Å². The Bertz CT molecular complexity index is 836. The van der Waals surface area contributed by atoms with Gasteiger partial charge in [0.2, 0.25) is 5.89 Å². The molecule has 4 rings (SSSR count). The van der Waals surface area contributed by atoms with Gasteiger partial charge in [-0.3, -0.25) is 4.79 Å². The second-order valence-corrected chi connectivity index (χ2v) is 7.50. The maximum atomic E-state index is 13.8. The van der Waals surface area contributed by atoms with Crippen LogP contribution in [0.5, 0.6) is 0 Å². The van der Waals surface area contributed by atoms with Crippen molar-refractivity contribution in [2.45, 2.75) is 38.0 Å². The van der Waals surface area contributed by atoms with Gasteiger partial charge in [-0.05, 0) is 49.8 Å². The summed E-state index contributed by atoms with van der Waals surface area (Å²) < 4.78 is 38.0. The number of hydrogen-bond acceptors (Lipinski definition) is 5. The van der Waals surface area contributed by atoms with Crippen molar-refractivity contribution in [2.75, 3.05) is 26.3 Å². The van der Waals surface area contributed by atoms with Crippen LogP contribution in [0.15, 0.2) is 22.7 Å². The van der Waals surface area contributed by atoms with Crippen LogP contribution in [0, 0.1) is 17.6 Å². The minimum absolute atomic E-state index is 0.208. The molecule has 2 fully saturated rings. The van der Waals surface area contributed by atoms with E-state index in [1.54, 1.807) is 4.90 Å². The lowest BCUT2D eigenvalue weighted by molar-refractivity contribution is 0.0777. The van der Waals surface area contributed by atoms with Crippen molar-refractivity contribution in [1.82, 2.24) is 15.0 Å². The van der Waals surface area contributed by atoms with Gasteiger partial charge in [-0.2, -0.15) is 4.98 Å². The van der Waals surface area contributed by atoms with E-state index in [4.69, 9.17) is 9.26 Å². The van der Waals surface area contributed by atoms with Gasteiger partial charge in [-0.1, -0.05) is 5.16 Å². The molecule has 2 aromatic rings. The van der Waals surface area contributed by atoms with Crippen LogP contribution < -0.4 is 0 Å². The van der Waals surface area contributed by atoms with E-state index in [1.165, 1.54) is 0 Å². The molecule has 2 saturated heterocycles. The molecule has 28 heavy (non-hydrogen) atoms. The molecule has 1 atom stereocenters. The maximum absolute atomic E-state index is 13.8. The molecule has 3 heterocycles. The number of likely N-dealkylation sites (tertiary alicyclic amines) is 1. The predicted octanol–water partition coefficient (Wildman–Crippen LogP) is 3.34. The molecule has 1 aromatic heterocycles. The fraction of sp³-hybridized carbons (Fsp3) is 0.550. The predicted molar refractivity (Wildman–Crippen MR) is 95.8 cm³/mol. The first-order chi connectivity index (χ1) is 13.6. The van der Waals surface area contributed by atoms with E-state index in [0.29, 0.717) is 31.2 Å². The van der Waals surface area contributed by atoms with Crippen LogP contribution in [-0.4, -0.2) is 47.3 Å². The Kier molecular flexibility index (Phi) is 5.66. The first kappa shape index (κ1) is 19.0. The molecular formula is C20H23F2N3O3. The van der Waals surface area contributed by atoms with Gasteiger partial charge in [0.05, 0.1) is 5.56 Å². The summed E-state index contributed by atoms with van der Waals surface area (Å²) in [6.45, 7) is 2.51. The highest BCUT2D eigenvalue weighted by atomic mass is 19.1. The van der Waals surface area contributed by atoms with Crippen LogP contribution in [0.2, 0.25) is 0 Å². The highest BCUT2D eigenvalue weighted by molar-refractivity contribution is 5.94. The molecule has 1 amide bonds. The molecular weight excluding hydrogens is 368 g/mol. The molecule has 0 bridgehead atoms. The quantitative estimate of drug-likeness (QED) is 0.782. The van der Waals surface area contributed by atoms with Crippen molar-refractivity contribution in [3.8, 4) is 0 Å². The Morgan fingerprint density at radius 1 is 1.21 bits per heavy atom. The zero-order chi connectivity index (χ0) is 19.5. The summed E-state index contributed by atoms with van der Waals surface area (Å²) in [5.41, 5.74) is -0.208. The van der Waals surface area contributed by atoms with Gasteiger partial charge < -0.3 is 14.2 Å². The number of ether oxygens (including phenoxy) is 1. The average Bonchev–Trinajstić information content (AvgIpc) is 3.38. The third kappa shape index (κ3) is 4.22. The number of carbonyl (C=O) groups is 1. The molecule has 1 aromatic carbocycles. The second kappa shape index (κ2) is 8.34. The van der Waals surface area contributed by atoms with Gasteiger partial charge >= 0.3 is 0 Å². The van der Waals surface area contributed by atoms with Gasteiger partial charge in [0.1, 0.15) is 11.6 Å². The van der Waals surface area contributed by atoms with Crippen LogP contribution in [-0.2, 0) is 11.2 Å². The van der Waals surface area contributed by atoms with Crippen LogP contribution in [0.3, 0.4) is 0 Å². The van der Waals surface area contributed by atoms with Crippen LogP contribution in [0.4, 0.5) is 8.78 Å². The molecule has 0 radical (unpaired) electrons. The van der Waals surface area contributed by atoms with Crippen LogP contribution in [0.1, 0.15) is 53.7 Å². The van der Waals surface area contributed by atoms with Gasteiger partial charge in [-0.25, -0.2) is 8.78 Å². The summed E-state index contributed by atoms with van der Waals surface area (Å²) in [7, 11) is 0. The van der Waals surface area contributed by atoms with Gasteiger partial charge in [0.25, 0.3) is 5.91 Å². The van der Waals surface area contributed by atoms with Crippen molar-refractivity contribution >= 4 is 5.91 Å². The Morgan fingerprint density at radius 2 is 2.04 bits per heavy atom. The molecule has 0 aliphatic carbocycles. The number of carbonyl (C=O) groups excluding carboxylic acids is 1. The number of halogens is 2. The number of benzene rings is 1. The van der Waals surface area contributed by atoms with Crippen LogP contribution >= 0.6 is 0 Å². The third-order valence-corrected chi connectivity index (χ3v) is 5.56. The van der Waals surface area contributed by atoms with Crippen molar-refractivity contribution in [3.05, 3.63) is 47.1 Å². The van der Waals surface area contributed by atoms with E-state index in [-0.39, 0.29) is 17.4 Å². The summed E-state index contributed by atoms with van der Waals surface area (Å²) >= 11 is 0. The van der Waals surface area contributed by atoms with E-state index in [9.17, 15) is 13.6 Å². The lowest BCUT2D eigenvalue weighted by Crippen LogP contribution is -2.29. The average molecular weight is 391 g/mol. The van der Waals surface area contributed by atoms with E-state index in [1.807, 2.05) is 0 Å². The normalized spacial score (nSPS) is 20.6. The van der Waals surface area contributed by atoms with Gasteiger partial charge in [-0.15, -0.1) is 0 Å². The van der Waals surface area contributed by atoms with Crippen molar-refractivity contribution in [1.29, 1.82) is 0 Å². The standard InChI is InChI=1S/C20H23F2N3O3/c21-15-2-3-17(22)16(11-15)20(26)25-8-5-13(12-25)1-4-18-23-19(28-24-18)14-6-9-27-10-7-14/h2-3,11,13-14H,1,4-10,12H2. The fourth-order valence-corrected chi connectivity index (χ4v) is 3.90. The van der Waals surface area contributed by atoms with E-state index >= 15 is 0 Å². The highest BCUT2D eigenvalue weighted by Gasteiger charge is 2.29. The number of nitrogens with zero attached hydrogens (tertiary/aromatic N) is 3. The number of amides is 1. The lowest BCUT2D eigenvalue weighted by Gasteiger charge is -2.18. The zero-order valence-electron chi connectivity index (χ0n) is 15.6. The monoisotopic (exact) mass is 391 g/mol. The molecule has 8 heteroatoms.